The quantitative estimate of drug-likeness (QED) is 0.425. The van der Waals surface area contributed by atoms with E-state index in [2.05, 4.69) is 18.2 Å². The molecular weight excluding hydrogens is 429 g/mol. The van der Waals surface area contributed by atoms with Crippen molar-refractivity contribution in [1.29, 1.82) is 0 Å². The number of aliphatic hydroxyl groups is 3. The topological polar surface area (TPSA) is 116 Å². The highest BCUT2D eigenvalue weighted by Gasteiger charge is 2.67. The first-order valence-corrected chi connectivity index (χ1v) is 14.3. The van der Waals surface area contributed by atoms with Crippen molar-refractivity contribution in [3.8, 4) is 0 Å². The third-order valence-corrected chi connectivity index (χ3v) is 9.54. The summed E-state index contributed by atoms with van der Waals surface area (Å²) in [7, 11) is -2.31. The Morgan fingerprint density at radius 3 is 2.69 bits per heavy atom. The van der Waals surface area contributed by atoms with Crippen LogP contribution in [0.4, 0.5) is 0 Å². The summed E-state index contributed by atoms with van der Waals surface area (Å²) >= 11 is 0. The number of Topliss-reactive ketones (excluding diaryl/α,β-unsaturated/α-hetero) is 1. The first-order chi connectivity index (χ1) is 14.9. The summed E-state index contributed by atoms with van der Waals surface area (Å²) in [4.78, 5) is 17.8. The summed E-state index contributed by atoms with van der Waals surface area (Å²) < 4.78 is 11.8. The van der Waals surface area contributed by atoms with E-state index in [9.17, 15) is 24.7 Å². The fraction of sp³-hybridized carbons (Fsp3) is 0.750. The van der Waals surface area contributed by atoms with Crippen molar-refractivity contribution in [2.45, 2.75) is 57.7 Å². The number of carbonyl (C=O) groups excluding carboxylic acids is 1. The van der Waals surface area contributed by atoms with Crippen molar-refractivity contribution in [2.24, 2.45) is 33.7 Å². The van der Waals surface area contributed by atoms with Gasteiger partial charge < -0.3 is 24.7 Å². The van der Waals surface area contributed by atoms with Gasteiger partial charge in [-0.1, -0.05) is 30.7 Å². The fourth-order valence-corrected chi connectivity index (χ4v) is 7.56. The molecule has 0 radical (unpaired) electrons. The molecule has 0 amide bonds. The maximum absolute atomic E-state index is 12.5. The highest BCUT2D eigenvalue weighted by Crippen LogP contribution is 2.67. The number of fused-ring (bicyclic) bond motifs is 5. The van der Waals surface area contributed by atoms with E-state index in [0.717, 1.165) is 19.3 Å². The predicted octanol–water partition coefficient (Wildman–Crippen LogP) is 2.94. The molecule has 4 rings (SSSR count). The van der Waals surface area contributed by atoms with Crippen molar-refractivity contribution in [2.75, 3.05) is 26.3 Å². The van der Waals surface area contributed by atoms with Crippen LogP contribution in [0.25, 0.3) is 0 Å². The highest BCUT2D eigenvalue weighted by atomic mass is 31.2. The minimum absolute atomic E-state index is 0.0163. The number of allylic oxidation sites excluding steroid dienone is 4. The number of ketones is 1. The van der Waals surface area contributed by atoms with E-state index in [1.54, 1.807) is 13.3 Å². The zero-order valence-corrected chi connectivity index (χ0v) is 20.3. The number of oxime groups is 1. The third kappa shape index (κ3) is 3.56. The molecule has 3 unspecified atom stereocenters. The van der Waals surface area contributed by atoms with Crippen LogP contribution in [-0.4, -0.2) is 64.8 Å². The average molecular weight is 466 g/mol. The molecule has 4 aliphatic rings. The Labute approximate surface area is 190 Å². The van der Waals surface area contributed by atoms with Crippen LogP contribution in [0, 0.1) is 28.6 Å². The molecule has 0 saturated heterocycles. The van der Waals surface area contributed by atoms with Crippen LogP contribution in [0.15, 0.2) is 29.0 Å². The maximum atomic E-state index is 12.5. The van der Waals surface area contributed by atoms with E-state index < -0.39 is 36.7 Å². The Kier molecular flexibility index (Phi) is 5.89. The number of rotatable bonds is 5. The van der Waals surface area contributed by atoms with E-state index in [4.69, 9.17) is 4.84 Å². The zero-order chi connectivity index (χ0) is 23.5. The Hall–Kier alpha value is -1.27. The molecule has 0 aromatic rings. The zero-order valence-electron chi connectivity index (χ0n) is 19.5. The molecule has 4 aliphatic carbocycles. The lowest BCUT2D eigenvalue weighted by Gasteiger charge is -2.59. The maximum Gasteiger partial charge on any atom is 0.190 e. The van der Waals surface area contributed by atoms with Crippen molar-refractivity contribution in [3.63, 3.8) is 0 Å². The summed E-state index contributed by atoms with van der Waals surface area (Å²) in [6.45, 7) is 6.73. The second kappa shape index (κ2) is 7.90. The van der Waals surface area contributed by atoms with Gasteiger partial charge in [0.1, 0.15) is 25.1 Å². The molecule has 3 saturated carbocycles. The Morgan fingerprint density at radius 2 is 2.03 bits per heavy atom. The van der Waals surface area contributed by atoms with Gasteiger partial charge in [-0.05, 0) is 69.4 Å². The summed E-state index contributed by atoms with van der Waals surface area (Å²) in [5, 5.41) is 36.3. The van der Waals surface area contributed by atoms with Gasteiger partial charge in [-0.25, -0.2) is 0 Å². The normalized spacial score (nSPS) is 44.5. The average Bonchev–Trinajstić information content (AvgIpc) is 2.97. The van der Waals surface area contributed by atoms with Crippen molar-refractivity contribution >= 4 is 18.6 Å². The van der Waals surface area contributed by atoms with Crippen LogP contribution in [0.3, 0.4) is 0 Å². The molecule has 0 bridgehead atoms. The number of hydrogen-bond acceptors (Lipinski definition) is 7. The first-order valence-electron chi connectivity index (χ1n) is 11.5. The van der Waals surface area contributed by atoms with Gasteiger partial charge in [0.05, 0.1) is 6.10 Å². The molecule has 0 aromatic heterocycles. The molecule has 0 aromatic carbocycles. The minimum atomic E-state index is -2.31. The molecule has 3 N–H and O–H groups in total. The third-order valence-electron chi connectivity index (χ3n) is 8.80. The Balaban J connectivity index is 1.61. The lowest BCUT2D eigenvalue weighted by molar-refractivity contribution is -0.178. The van der Waals surface area contributed by atoms with Gasteiger partial charge in [0, 0.05) is 16.7 Å². The van der Waals surface area contributed by atoms with Crippen molar-refractivity contribution in [3.05, 3.63) is 23.8 Å². The monoisotopic (exact) mass is 465 g/mol. The van der Waals surface area contributed by atoms with Crippen LogP contribution in [0.5, 0.6) is 0 Å². The molecular formula is C24H36NO6P. The summed E-state index contributed by atoms with van der Waals surface area (Å²) in [5.41, 5.74) is -0.773. The smallest absolute Gasteiger partial charge is 0.190 e. The molecule has 32 heavy (non-hydrogen) atoms. The van der Waals surface area contributed by atoms with E-state index in [-0.39, 0.29) is 29.5 Å². The Bertz CT molecular complexity index is 937. The standard InChI is InChI=1S/C24H36NO6P/c1-22-9-7-16(25-31-14-32(3,4)30)11-15(22)5-6-17-18-8-10-24(29,20(28)13-26)23(18,2)12-19(27)21(17)22/h7,9,11,17-19,21,26-27,29H,5-6,8,10,12-14H2,1-4H3/t17?,18?,19-,21?,22-,23-,24-/m0/s1. The SMILES string of the molecule is C[C@]12C=CC(=NOCP(C)(C)=O)C=C1CCC1C2[C@@H](O)C[C@@]2(C)C1CC[C@]2(O)C(=O)CO. The van der Waals surface area contributed by atoms with Gasteiger partial charge >= 0.3 is 0 Å². The largest absolute Gasteiger partial charge is 0.393 e. The van der Waals surface area contributed by atoms with E-state index >= 15 is 0 Å². The van der Waals surface area contributed by atoms with E-state index in [1.807, 2.05) is 19.1 Å². The fourth-order valence-electron chi connectivity index (χ4n) is 7.23. The predicted molar refractivity (Wildman–Crippen MR) is 123 cm³/mol. The van der Waals surface area contributed by atoms with Gasteiger partial charge in [-0.3, -0.25) is 4.79 Å². The summed E-state index contributed by atoms with van der Waals surface area (Å²) in [6, 6.07) is 0. The van der Waals surface area contributed by atoms with Gasteiger partial charge in [-0.2, -0.15) is 0 Å². The Morgan fingerprint density at radius 1 is 1.31 bits per heavy atom. The van der Waals surface area contributed by atoms with Crippen LogP contribution in [0.1, 0.15) is 46.0 Å². The summed E-state index contributed by atoms with van der Waals surface area (Å²) in [5.74, 6) is -0.253. The number of aliphatic hydroxyl groups excluding tert-OH is 2. The molecule has 7 atom stereocenters. The van der Waals surface area contributed by atoms with E-state index in [1.165, 1.54) is 5.57 Å². The number of nitrogens with zero attached hydrogens (tertiary/aromatic N) is 1. The molecule has 0 aliphatic heterocycles. The molecule has 8 heteroatoms. The molecule has 0 heterocycles. The molecule has 178 valence electrons. The second-order valence-corrected chi connectivity index (χ2v) is 14.5. The molecule has 0 spiro atoms. The molecule has 7 nitrogen and oxygen atoms in total. The van der Waals surface area contributed by atoms with Crippen LogP contribution >= 0.6 is 7.14 Å². The van der Waals surface area contributed by atoms with Gasteiger partial charge in [0.25, 0.3) is 0 Å². The second-order valence-electron chi connectivity index (χ2n) is 11.1. The van der Waals surface area contributed by atoms with Gasteiger partial charge in [0.2, 0.25) is 0 Å². The van der Waals surface area contributed by atoms with Gasteiger partial charge in [0.15, 0.2) is 12.1 Å². The van der Waals surface area contributed by atoms with Crippen molar-refractivity contribution < 1.29 is 29.5 Å². The van der Waals surface area contributed by atoms with Crippen LogP contribution in [0.2, 0.25) is 0 Å². The molecule has 3 fully saturated rings. The highest BCUT2D eigenvalue weighted by molar-refractivity contribution is 7.62. The lowest BCUT2D eigenvalue weighted by Crippen LogP contribution is -2.61. The van der Waals surface area contributed by atoms with Gasteiger partial charge in [-0.15, -0.1) is 0 Å². The van der Waals surface area contributed by atoms with E-state index in [0.29, 0.717) is 18.6 Å². The number of hydrogen-bond donors (Lipinski definition) is 3. The lowest BCUT2D eigenvalue weighted by atomic mass is 9.46. The van der Waals surface area contributed by atoms with Crippen molar-refractivity contribution in [1.82, 2.24) is 0 Å². The van der Waals surface area contributed by atoms with Crippen LogP contribution in [-0.2, 0) is 14.2 Å². The minimum Gasteiger partial charge on any atom is -0.393 e. The number of carbonyl (C=O) groups is 1. The van der Waals surface area contributed by atoms with Crippen LogP contribution < -0.4 is 0 Å². The summed E-state index contributed by atoms with van der Waals surface area (Å²) in [6.07, 6.45) is 8.57. The first kappa shape index (κ1) is 23.9.